The first kappa shape index (κ1) is 71.2. The van der Waals surface area contributed by atoms with Crippen LogP contribution in [-0.4, -0.2) is 172 Å². The Bertz CT molecular complexity index is 3130. The molecule has 4 aromatic rings. The van der Waals surface area contributed by atoms with Crippen molar-refractivity contribution in [1.82, 2.24) is 62.7 Å². The van der Waals surface area contributed by atoms with Crippen molar-refractivity contribution in [2.45, 2.75) is 153 Å². The summed E-state index contributed by atoms with van der Waals surface area (Å²) in [6, 6.07) is 12.4. The number of amides is 11. The molecule has 1 aliphatic rings. The lowest BCUT2D eigenvalue weighted by molar-refractivity contribution is -0.142. The minimum atomic E-state index is -1.66. The molecule has 1 aliphatic heterocycles. The van der Waals surface area contributed by atoms with Crippen LogP contribution in [0.3, 0.4) is 0 Å². The van der Waals surface area contributed by atoms with E-state index in [9.17, 15) is 57.8 Å². The van der Waals surface area contributed by atoms with Crippen LogP contribution in [0.1, 0.15) is 125 Å². The number of fused-ring (bicyclic) bond motifs is 1. The summed E-state index contributed by atoms with van der Waals surface area (Å²) < 4.78 is 0. The zero-order valence-corrected chi connectivity index (χ0v) is 51.3. The maximum Gasteiger partial charge on any atom is 0.269 e. The van der Waals surface area contributed by atoms with Gasteiger partial charge in [-0.3, -0.25) is 67.7 Å². The van der Waals surface area contributed by atoms with Gasteiger partial charge in [-0.1, -0.05) is 68.4 Å². The average Bonchev–Trinajstić information content (AvgIpc) is 1.62. The number of nitrogens with zero attached hydrogens (tertiary/aromatic N) is 4. The first-order chi connectivity index (χ1) is 43.0. The number of benzene rings is 2. The monoisotopic (exact) mass is 1250 g/mol. The van der Waals surface area contributed by atoms with E-state index in [4.69, 9.17) is 17.2 Å². The van der Waals surface area contributed by atoms with Crippen LogP contribution in [0.2, 0.25) is 0 Å². The van der Waals surface area contributed by atoms with Gasteiger partial charge in [-0.05, 0) is 124 Å². The van der Waals surface area contributed by atoms with Crippen molar-refractivity contribution in [3.63, 3.8) is 0 Å². The quantitative estimate of drug-likeness (QED) is 0.0153. The van der Waals surface area contributed by atoms with E-state index in [0.717, 1.165) is 10.8 Å². The Balaban J connectivity index is 1.40. The minimum absolute atomic E-state index is 0.00643. The molecule has 0 saturated carbocycles. The molecule has 8 atom stereocenters. The number of unbranched alkanes of at least 4 members (excludes halogenated alkanes) is 2. The Labute approximate surface area is 522 Å². The van der Waals surface area contributed by atoms with Crippen LogP contribution in [-0.2, 0) is 49.6 Å². The number of hydrogen-bond donors (Lipinski definition) is 13. The molecule has 5 rings (SSSR count). The van der Waals surface area contributed by atoms with Gasteiger partial charge in [0.25, 0.3) is 11.8 Å². The molecule has 11 amide bonds. The van der Waals surface area contributed by atoms with Crippen LogP contribution in [0, 0.1) is 5.92 Å². The van der Waals surface area contributed by atoms with Crippen molar-refractivity contribution in [3.05, 3.63) is 108 Å². The second kappa shape index (κ2) is 36.6. The molecule has 0 unspecified atom stereocenters. The van der Waals surface area contributed by atoms with E-state index in [1.54, 1.807) is 44.2 Å². The first-order valence-electron chi connectivity index (χ1n) is 30.3. The first-order valence-corrected chi connectivity index (χ1v) is 30.3. The molecule has 0 spiro atoms. The molecule has 2 aromatic carbocycles. The molecule has 0 radical (unpaired) electrons. The lowest BCUT2D eigenvalue weighted by Gasteiger charge is -2.31. The number of primary amides is 1. The lowest BCUT2D eigenvalue weighted by Crippen LogP contribution is -2.60. The molecule has 0 bridgehead atoms. The number of aliphatic hydroxyl groups excluding tert-OH is 1. The fraction of sp³-hybridized carbons (Fsp3) is 0.484. The Hall–Kier alpha value is -9.60. The third-order valence-corrected chi connectivity index (χ3v) is 14.8. The number of hydrogen-bond acceptors (Lipinski definition) is 15. The molecule has 16 N–H and O–H groups in total. The zero-order valence-electron chi connectivity index (χ0n) is 51.3. The van der Waals surface area contributed by atoms with E-state index in [1.807, 2.05) is 36.4 Å². The number of aromatic nitrogens is 2. The highest BCUT2D eigenvalue weighted by molar-refractivity contribution is 5.99. The third-order valence-electron chi connectivity index (χ3n) is 14.8. The summed E-state index contributed by atoms with van der Waals surface area (Å²) >= 11 is 0. The Kier molecular flexibility index (Phi) is 29.0. The van der Waals surface area contributed by atoms with Crippen LogP contribution in [0.4, 0.5) is 0 Å². The van der Waals surface area contributed by atoms with Gasteiger partial charge in [0.1, 0.15) is 59.7 Å². The predicted octanol–water partition coefficient (Wildman–Crippen LogP) is -0.625. The average molecular weight is 1250 g/mol. The number of nitrogens with two attached hydrogens (primary N) is 3. The number of guanidine groups is 1. The van der Waals surface area contributed by atoms with E-state index < -0.39 is 120 Å². The number of rotatable bonds is 36. The van der Waals surface area contributed by atoms with Gasteiger partial charge in [-0.15, -0.1) is 0 Å². The standard InChI is InChI=1S/C62H86N16O12/c1-37(2)33-48(57(86)75-47(23-15-31-70-62(64)65)61(90)78-32-16-24-51(78)60(89)71-38(3)52(63)81)76-56(85)46(22-10-14-30-69-54(83)44-20-8-12-28-67-44)73-55(84)45(21-9-13-29-68-53(82)43-19-7-11-27-66-43)74-59(88)50(36-79)77-58(87)49(72-39(4)80)35-40-25-26-41-17-5-6-18-42(41)34-40/h5-8,11-12,17-20,25-28,34,37-38,45-51,79H,9-10,13-16,21-24,29-33,35-36H2,1-4H3,(H2,63,81)(H,68,82)(H,69,83)(H,71,89)(H,72,80)(H,73,84)(H,74,88)(H,75,86)(H,76,85)(H,77,87)(H4,64,65,70)/t38-,45+,46-,47+,48+,49-,50+,51+/m1/s1. The Morgan fingerprint density at radius 3 is 1.63 bits per heavy atom. The lowest BCUT2D eigenvalue weighted by atomic mass is 10.00. The van der Waals surface area contributed by atoms with Crippen molar-refractivity contribution in [3.8, 4) is 0 Å². The number of likely N-dealkylation sites (tertiary alicyclic amines) is 1. The Morgan fingerprint density at radius 2 is 1.10 bits per heavy atom. The van der Waals surface area contributed by atoms with Crippen molar-refractivity contribution in [2.24, 2.45) is 28.1 Å². The summed E-state index contributed by atoms with van der Waals surface area (Å²) in [5.74, 6) is -8.20. The number of carbonyl (C=O) groups is 11. The van der Waals surface area contributed by atoms with Gasteiger partial charge in [0.15, 0.2) is 5.96 Å². The summed E-state index contributed by atoms with van der Waals surface area (Å²) in [7, 11) is 0. The molecule has 2 aromatic heterocycles. The fourth-order valence-electron chi connectivity index (χ4n) is 10.0. The van der Waals surface area contributed by atoms with E-state index in [2.05, 4.69) is 62.8 Å². The van der Waals surface area contributed by atoms with E-state index in [1.165, 1.54) is 43.3 Å². The second-order valence-electron chi connectivity index (χ2n) is 22.5. The Morgan fingerprint density at radius 1 is 0.589 bits per heavy atom. The minimum Gasteiger partial charge on any atom is -0.394 e. The van der Waals surface area contributed by atoms with Crippen LogP contribution in [0.15, 0.2) is 96.2 Å². The highest BCUT2D eigenvalue weighted by Crippen LogP contribution is 2.21. The SMILES string of the molecule is CC(=O)N[C@H](Cc1ccc2ccccc2c1)C(=O)N[C@@H](CO)C(=O)N[C@@H](CCCCNC(=O)c1ccccn1)C(=O)N[C@H](CCCCNC(=O)c1ccccn1)C(=O)N[C@@H](CC(C)C)C(=O)N[C@@H](CCCN=C(N)N)C(=O)N1CCC[C@H]1C(=O)N[C@H](C)C(N)=O. The van der Waals surface area contributed by atoms with E-state index >= 15 is 0 Å². The largest absolute Gasteiger partial charge is 0.394 e. The molecule has 1 saturated heterocycles. The van der Waals surface area contributed by atoms with Crippen molar-refractivity contribution >= 4 is 81.7 Å². The summed E-state index contributed by atoms with van der Waals surface area (Å²) in [5.41, 5.74) is 17.6. The summed E-state index contributed by atoms with van der Waals surface area (Å²) in [6.45, 7) is 5.77. The van der Waals surface area contributed by atoms with Crippen molar-refractivity contribution in [2.75, 3.05) is 32.8 Å². The van der Waals surface area contributed by atoms with Crippen LogP contribution < -0.4 is 65.1 Å². The predicted molar refractivity (Wildman–Crippen MR) is 334 cm³/mol. The normalized spacial score (nSPS) is 15.0. The molecule has 28 heteroatoms. The summed E-state index contributed by atoms with van der Waals surface area (Å²) in [5, 5.41) is 36.6. The van der Waals surface area contributed by atoms with Crippen LogP contribution >= 0.6 is 0 Å². The van der Waals surface area contributed by atoms with Crippen molar-refractivity contribution < 1.29 is 57.8 Å². The fourth-order valence-corrected chi connectivity index (χ4v) is 10.0. The smallest absolute Gasteiger partial charge is 0.269 e. The van der Waals surface area contributed by atoms with Gasteiger partial charge < -0.3 is 75.1 Å². The molecule has 28 nitrogen and oxygen atoms in total. The number of nitrogens with one attached hydrogen (secondary N) is 9. The van der Waals surface area contributed by atoms with Gasteiger partial charge in [0.2, 0.25) is 53.2 Å². The molecule has 90 heavy (non-hydrogen) atoms. The second-order valence-corrected chi connectivity index (χ2v) is 22.5. The molecule has 0 aliphatic carbocycles. The molecular weight excluding hydrogens is 1160 g/mol. The summed E-state index contributed by atoms with van der Waals surface area (Å²) in [6.07, 6.45) is 4.64. The summed E-state index contributed by atoms with van der Waals surface area (Å²) in [4.78, 5) is 164. The van der Waals surface area contributed by atoms with Gasteiger partial charge in [-0.25, -0.2) is 0 Å². The van der Waals surface area contributed by atoms with Gasteiger partial charge in [0, 0.05) is 51.9 Å². The number of aliphatic imine (C=N–C) groups is 1. The third kappa shape index (κ3) is 23.5. The highest BCUT2D eigenvalue weighted by atomic mass is 16.3. The van der Waals surface area contributed by atoms with Gasteiger partial charge in [0.05, 0.1) is 6.61 Å². The van der Waals surface area contributed by atoms with E-state index in [0.29, 0.717) is 12.0 Å². The van der Waals surface area contributed by atoms with E-state index in [-0.39, 0.29) is 120 Å². The molecule has 486 valence electrons. The maximum absolute atomic E-state index is 14.8. The number of aliphatic hydroxyl groups is 1. The van der Waals surface area contributed by atoms with Crippen LogP contribution in [0.25, 0.3) is 10.8 Å². The van der Waals surface area contributed by atoms with Gasteiger partial charge >= 0.3 is 0 Å². The van der Waals surface area contributed by atoms with Crippen molar-refractivity contribution in [1.29, 1.82) is 0 Å². The van der Waals surface area contributed by atoms with Gasteiger partial charge in [-0.2, -0.15) is 0 Å². The van der Waals surface area contributed by atoms with Crippen LogP contribution in [0.5, 0.6) is 0 Å². The highest BCUT2D eigenvalue weighted by Gasteiger charge is 2.40. The molecule has 1 fully saturated rings. The number of pyridine rings is 2. The maximum atomic E-state index is 14.8. The number of carbonyl (C=O) groups excluding carboxylic acids is 11. The molecule has 3 heterocycles. The zero-order chi connectivity index (χ0) is 65.7. The topological polar surface area (TPSA) is 436 Å². The molecular formula is C62H86N16O12.